The predicted molar refractivity (Wildman–Crippen MR) is 102 cm³/mol. The molecule has 2 N–H and O–H groups in total. The van der Waals surface area contributed by atoms with Gasteiger partial charge < -0.3 is 10.4 Å². The van der Waals surface area contributed by atoms with Gasteiger partial charge in [-0.3, -0.25) is 9.78 Å². The van der Waals surface area contributed by atoms with Gasteiger partial charge in [0.05, 0.1) is 18.3 Å². The summed E-state index contributed by atoms with van der Waals surface area (Å²) in [6, 6.07) is 20.8. The van der Waals surface area contributed by atoms with Crippen LogP contribution in [-0.2, 0) is 13.0 Å². The number of benzene rings is 2. The van der Waals surface area contributed by atoms with E-state index < -0.39 is 0 Å². The molecule has 0 unspecified atom stereocenters. The third-order valence-corrected chi connectivity index (χ3v) is 4.28. The van der Waals surface area contributed by atoms with Crippen LogP contribution < -0.4 is 5.32 Å². The van der Waals surface area contributed by atoms with Crippen molar-refractivity contribution in [2.45, 2.75) is 26.0 Å². The molecule has 132 valence electrons. The van der Waals surface area contributed by atoms with Crippen LogP contribution in [0.3, 0.4) is 0 Å². The molecule has 4 nitrogen and oxygen atoms in total. The second-order valence-electron chi connectivity index (χ2n) is 6.33. The number of pyridine rings is 1. The van der Waals surface area contributed by atoms with Crippen LogP contribution >= 0.6 is 0 Å². The Morgan fingerprint density at radius 3 is 2.54 bits per heavy atom. The zero-order chi connectivity index (χ0) is 18.4. The summed E-state index contributed by atoms with van der Waals surface area (Å²) >= 11 is 0. The summed E-state index contributed by atoms with van der Waals surface area (Å²) in [4.78, 5) is 17.1. The zero-order valence-electron chi connectivity index (χ0n) is 14.7. The first-order chi connectivity index (χ1) is 12.7. The van der Waals surface area contributed by atoms with E-state index in [1.54, 1.807) is 30.5 Å². The van der Waals surface area contributed by atoms with E-state index in [0.29, 0.717) is 17.5 Å². The SMILES string of the molecule is Cc1ccc(C[C@@H](NC(=O)c2cccc(CO)c2)c2ccccn2)cc1. The van der Waals surface area contributed by atoms with Crippen molar-refractivity contribution in [3.05, 3.63) is 101 Å². The van der Waals surface area contributed by atoms with Crippen LogP contribution in [0.4, 0.5) is 0 Å². The molecule has 1 amide bonds. The molecule has 0 saturated heterocycles. The monoisotopic (exact) mass is 346 g/mol. The Labute approximate surface area is 153 Å². The Hall–Kier alpha value is -2.98. The summed E-state index contributed by atoms with van der Waals surface area (Å²) in [5.74, 6) is -0.178. The largest absolute Gasteiger partial charge is 0.392 e. The predicted octanol–water partition coefficient (Wildman–Crippen LogP) is 3.60. The van der Waals surface area contributed by atoms with Crippen molar-refractivity contribution in [1.29, 1.82) is 0 Å². The molecule has 0 aliphatic rings. The van der Waals surface area contributed by atoms with Gasteiger partial charge in [0.25, 0.3) is 5.91 Å². The van der Waals surface area contributed by atoms with Crippen LogP contribution in [0.25, 0.3) is 0 Å². The molecule has 26 heavy (non-hydrogen) atoms. The van der Waals surface area contributed by atoms with Gasteiger partial charge >= 0.3 is 0 Å². The standard InChI is InChI=1S/C22H22N2O2/c1-16-8-10-17(11-9-16)14-21(20-7-2-3-12-23-20)24-22(26)19-6-4-5-18(13-19)15-25/h2-13,21,25H,14-15H2,1H3,(H,24,26)/t21-/m1/s1. The minimum atomic E-state index is -0.232. The normalized spacial score (nSPS) is 11.8. The highest BCUT2D eigenvalue weighted by molar-refractivity contribution is 5.94. The molecular weight excluding hydrogens is 324 g/mol. The second kappa shape index (κ2) is 8.41. The fourth-order valence-electron chi connectivity index (χ4n) is 2.82. The summed E-state index contributed by atoms with van der Waals surface area (Å²) < 4.78 is 0. The van der Waals surface area contributed by atoms with Crippen LogP contribution in [0, 0.1) is 6.92 Å². The Morgan fingerprint density at radius 2 is 1.85 bits per heavy atom. The van der Waals surface area contributed by atoms with Crippen LogP contribution in [0.2, 0.25) is 0 Å². The summed E-state index contributed by atoms with van der Waals surface area (Å²) in [5, 5.41) is 12.4. The van der Waals surface area contributed by atoms with Gasteiger partial charge in [0, 0.05) is 11.8 Å². The van der Waals surface area contributed by atoms with Crippen LogP contribution in [0.15, 0.2) is 72.9 Å². The molecule has 3 aromatic rings. The highest BCUT2D eigenvalue weighted by Gasteiger charge is 2.17. The van der Waals surface area contributed by atoms with E-state index >= 15 is 0 Å². The molecule has 1 atom stereocenters. The summed E-state index contributed by atoms with van der Waals surface area (Å²) in [6.45, 7) is 1.96. The number of hydrogen-bond acceptors (Lipinski definition) is 3. The molecule has 0 aliphatic heterocycles. The van der Waals surface area contributed by atoms with Gasteiger partial charge in [0.1, 0.15) is 0 Å². The lowest BCUT2D eigenvalue weighted by atomic mass is 10.0. The van der Waals surface area contributed by atoms with Gasteiger partial charge in [-0.25, -0.2) is 0 Å². The van der Waals surface area contributed by atoms with Crippen molar-refractivity contribution < 1.29 is 9.90 Å². The van der Waals surface area contributed by atoms with E-state index in [4.69, 9.17) is 0 Å². The van der Waals surface area contributed by atoms with Crippen molar-refractivity contribution in [1.82, 2.24) is 10.3 Å². The topological polar surface area (TPSA) is 62.2 Å². The molecular formula is C22H22N2O2. The van der Waals surface area contributed by atoms with Crippen molar-refractivity contribution in [3.8, 4) is 0 Å². The number of carbonyl (C=O) groups is 1. The highest BCUT2D eigenvalue weighted by atomic mass is 16.3. The molecule has 0 bridgehead atoms. The number of aliphatic hydroxyl groups excluding tert-OH is 1. The zero-order valence-corrected chi connectivity index (χ0v) is 14.7. The maximum atomic E-state index is 12.7. The van der Waals surface area contributed by atoms with E-state index in [0.717, 1.165) is 11.3 Å². The van der Waals surface area contributed by atoms with Gasteiger partial charge in [-0.1, -0.05) is 48.0 Å². The first kappa shape index (κ1) is 17.8. The van der Waals surface area contributed by atoms with Gasteiger partial charge in [-0.15, -0.1) is 0 Å². The number of hydrogen-bond donors (Lipinski definition) is 2. The number of nitrogens with zero attached hydrogens (tertiary/aromatic N) is 1. The smallest absolute Gasteiger partial charge is 0.251 e. The number of aliphatic hydroxyl groups is 1. The number of amides is 1. The molecule has 1 heterocycles. The minimum Gasteiger partial charge on any atom is -0.392 e. The first-order valence-corrected chi connectivity index (χ1v) is 8.63. The molecule has 0 aliphatic carbocycles. The number of aromatic nitrogens is 1. The highest BCUT2D eigenvalue weighted by Crippen LogP contribution is 2.18. The van der Waals surface area contributed by atoms with Crippen molar-refractivity contribution in [2.75, 3.05) is 0 Å². The Morgan fingerprint density at radius 1 is 1.04 bits per heavy atom. The Balaban J connectivity index is 1.83. The summed E-state index contributed by atoms with van der Waals surface area (Å²) in [5.41, 5.74) is 4.40. The molecule has 0 radical (unpaired) electrons. The second-order valence-corrected chi connectivity index (χ2v) is 6.33. The maximum Gasteiger partial charge on any atom is 0.251 e. The average Bonchev–Trinajstić information content (AvgIpc) is 2.69. The quantitative estimate of drug-likeness (QED) is 0.717. The molecule has 0 fully saturated rings. The van der Waals surface area contributed by atoms with Gasteiger partial charge in [-0.05, 0) is 48.7 Å². The fraction of sp³-hybridized carbons (Fsp3) is 0.182. The fourth-order valence-corrected chi connectivity index (χ4v) is 2.82. The number of aryl methyl sites for hydroxylation is 1. The number of nitrogens with one attached hydrogen (secondary N) is 1. The van der Waals surface area contributed by atoms with Gasteiger partial charge in [0.2, 0.25) is 0 Å². The number of rotatable bonds is 6. The number of carbonyl (C=O) groups excluding carboxylic acids is 1. The summed E-state index contributed by atoms with van der Waals surface area (Å²) in [6.07, 6.45) is 2.39. The lowest BCUT2D eigenvalue weighted by Crippen LogP contribution is -2.30. The van der Waals surface area contributed by atoms with E-state index in [-0.39, 0.29) is 18.6 Å². The summed E-state index contributed by atoms with van der Waals surface area (Å²) in [7, 11) is 0. The third kappa shape index (κ3) is 4.55. The maximum absolute atomic E-state index is 12.7. The lowest BCUT2D eigenvalue weighted by molar-refractivity contribution is 0.0935. The van der Waals surface area contributed by atoms with E-state index in [1.165, 1.54) is 5.56 Å². The van der Waals surface area contributed by atoms with Gasteiger partial charge in [-0.2, -0.15) is 0 Å². The van der Waals surface area contributed by atoms with Crippen LogP contribution in [0.1, 0.15) is 38.8 Å². The van der Waals surface area contributed by atoms with Crippen LogP contribution in [0.5, 0.6) is 0 Å². The lowest BCUT2D eigenvalue weighted by Gasteiger charge is -2.19. The van der Waals surface area contributed by atoms with Gasteiger partial charge in [0.15, 0.2) is 0 Å². The van der Waals surface area contributed by atoms with E-state index in [2.05, 4.69) is 41.5 Å². The first-order valence-electron chi connectivity index (χ1n) is 8.63. The van der Waals surface area contributed by atoms with Crippen molar-refractivity contribution in [3.63, 3.8) is 0 Å². The van der Waals surface area contributed by atoms with Crippen molar-refractivity contribution >= 4 is 5.91 Å². The molecule has 0 saturated carbocycles. The van der Waals surface area contributed by atoms with E-state index in [9.17, 15) is 9.90 Å². The molecule has 2 aromatic carbocycles. The molecule has 3 rings (SSSR count). The van der Waals surface area contributed by atoms with Crippen LogP contribution in [-0.4, -0.2) is 16.0 Å². The minimum absolute atomic E-state index is 0.0891. The molecule has 0 spiro atoms. The molecule has 1 aromatic heterocycles. The van der Waals surface area contributed by atoms with E-state index in [1.807, 2.05) is 18.2 Å². The molecule has 4 heteroatoms. The van der Waals surface area contributed by atoms with Crippen molar-refractivity contribution in [2.24, 2.45) is 0 Å². The Kier molecular flexibility index (Phi) is 5.77. The third-order valence-electron chi connectivity index (χ3n) is 4.28. The average molecular weight is 346 g/mol. The Bertz CT molecular complexity index is 861.